The maximum absolute atomic E-state index is 12.9. The molecule has 0 bridgehead atoms. The summed E-state index contributed by atoms with van der Waals surface area (Å²) in [6.07, 6.45) is 8.38. The third-order valence-electron chi connectivity index (χ3n) is 6.57. The zero-order valence-electron chi connectivity index (χ0n) is 20.9. The molecular formula is C29H35N3O3S. The summed E-state index contributed by atoms with van der Waals surface area (Å²) in [7, 11) is 0. The number of carbonyl (C=O) groups is 2. The summed E-state index contributed by atoms with van der Waals surface area (Å²) < 4.78 is 5.74. The highest BCUT2D eigenvalue weighted by molar-refractivity contribution is 7.09. The normalized spacial score (nSPS) is 17.4. The molecule has 1 aliphatic carbocycles. The molecule has 2 amide bonds. The topological polar surface area (TPSA) is 80.3 Å². The van der Waals surface area contributed by atoms with Gasteiger partial charge in [0.2, 0.25) is 0 Å². The fourth-order valence-electron chi connectivity index (χ4n) is 4.52. The molecule has 190 valence electrons. The number of amides is 2. The number of benzene rings is 2. The van der Waals surface area contributed by atoms with Gasteiger partial charge < -0.3 is 15.4 Å². The third kappa shape index (κ3) is 7.40. The SMILES string of the molecule is CCCCCc1ccc(C(=O)NC2CCCCC2NC(=O)c2csc(COc3ccccc3)n2)cc1. The average molecular weight is 506 g/mol. The zero-order valence-corrected chi connectivity index (χ0v) is 21.7. The van der Waals surface area contributed by atoms with E-state index >= 15 is 0 Å². The predicted octanol–water partition coefficient (Wildman–Crippen LogP) is 5.93. The van der Waals surface area contributed by atoms with E-state index in [1.54, 1.807) is 5.38 Å². The van der Waals surface area contributed by atoms with Crippen LogP contribution in [0.4, 0.5) is 0 Å². The zero-order chi connectivity index (χ0) is 25.2. The van der Waals surface area contributed by atoms with E-state index in [4.69, 9.17) is 4.74 Å². The second-order valence-corrected chi connectivity index (χ2v) is 10.3. The van der Waals surface area contributed by atoms with Crippen LogP contribution in [0.5, 0.6) is 5.75 Å². The van der Waals surface area contributed by atoms with Gasteiger partial charge in [-0.3, -0.25) is 9.59 Å². The van der Waals surface area contributed by atoms with Crippen LogP contribution in [0.1, 0.15) is 83.3 Å². The van der Waals surface area contributed by atoms with Crippen molar-refractivity contribution >= 4 is 23.2 Å². The molecule has 1 fully saturated rings. The second-order valence-electron chi connectivity index (χ2n) is 9.33. The quantitative estimate of drug-likeness (QED) is 0.317. The Kier molecular flexibility index (Phi) is 9.50. The number of rotatable bonds is 11. The highest BCUT2D eigenvalue weighted by Crippen LogP contribution is 2.21. The molecule has 1 aromatic heterocycles. The number of para-hydroxylation sites is 1. The first-order valence-corrected chi connectivity index (χ1v) is 13.8. The van der Waals surface area contributed by atoms with Crippen molar-refractivity contribution in [3.05, 3.63) is 81.8 Å². The van der Waals surface area contributed by atoms with Crippen LogP contribution in [0, 0.1) is 0 Å². The Labute approximate surface area is 217 Å². The van der Waals surface area contributed by atoms with Crippen LogP contribution in [-0.4, -0.2) is 28.9 Å². The Bertz CT molecular complexity index is 1110. The number of ether oxygens (including phenoxy) is 1. The molecule has 6 nitrogen and oxygen atoms in total. The van der Waals surface area contributed by atoms with Gasteiger partial charge in [0.1, 0.15) is 23.1 Å². The van der Waals surface area contributed by atoms with Crippen molar-refractivity contribution in [1.82, 2.24) is 15.6 Å². The van der Waals surface area contributed by atoms with Gasteiger partial charge in [0.15, 0.2) is 0 Å². The minimum absolute atomic E-state index is 0.0877. The molecule has 2 unspecified atom stereocenters. The van der Waals surface area contributed by atoms with E-state index in [1.807, 2.05) is 54.6 Å². The molecule has 1 saturated carbocycles. The van der Waals surface area contributed by atoms with Gasteiger partial charge >= 0.3 is 0 Å². The lowest BCUT2D eigenvalue weighted by Gasteiger charge is -2.32. The van der Waals surface area contributed by atoms with Crippen LogP contribution in [0.2, 0.25) is 0 Å². The van der Waals surface area contributed by atoms with E-state index in [9.17, 15) is 9.59 Å². The number of carbonyl (C=O) groups excluding carboxylic acids is 2. The van der Waals surface area contributed by atoms with E-state index in [0.717, 1.165) is 42.9 Å². The van der Waals surface area contributed by atoms with E-state index in [0.29, 0.717) is 17.9 Å². The minimum atomic E-state index is -0.209. The number of nitrogens with one attached hydrogen (secondary N) is 2. The Morgan fingerprint density at radius 2 is 1.64 bits per heavy atom. The number of unbranched alkanes of at least 4 members (excludes halogenated alkanes) is 2. The summed E-state index contributed by atoms with van der Waals surface area (Å²) >= 11 is 1.41. The van der Waals surface area contributed by atoms with Gasteiger partial charge in [0, 0.05) is 23.0 Å². The molecular weight excluding hydrogens is 470 g/mol. The van der Waals surface area contributed by atoms with Gasteiger partial charge in [-0.2, -0.15) is 0 Å². The number of aryl methyl sites for hydroxylation is 1. The number of aromatic nitrogens is 1. The molecule has 1 aliphatic rings. The van der Waals surface area contributed by atoms with Gasteiger partial charge in [-0.05, 0) is 55.5 Å². The van der Waals surface area contributed by atoms with Crippen LogP contribution < -0.4 is 15.4 Å². The van der Waals surface area contributed by atoms with Crippen molar-refractivity contribution in [3.63, 3.8) is 0 Å². The Morgan fingerprint density at radius 3 is 2.33 bits per heavy atom. The van der Waals surface area contributed by atoms with E-state index in [-0.39, 0.29) is 23.9 Å². The van der Waals surface area contributed by atoms with Gasteiger partial charge in [-0.1, -0.05) is 62.9 Å². The third-order valence-corrected chi connectivity index (χ3v) is 7.40. The Morgan fingerprint density at radius 1 is 0.944 bits per heavy atom. The largest absolute Gasteiger partial charge is 0.486 e. The molecule has 2 aromatic carbocycles. The van der Waals surface area contributed by atoms with E-state index < -0.39 is 0 Å². The minimum Gasteiger partial charge on any atom is -0.486 e. The summed E-state index contributed by atoms with van der Waals surface area (Å²) in [5.74, 6) is 0.473. The van der Waals surface area contributed by atoms with E-state index in [2.05, 4.69) is 22.5 Å². The summed E-state index contributed by atoms with van der Waals surface area (Å²) in [6.45, 7) is 2.52. The molecule has 1 heterocycles. The molecule has 0 aliphatic heterocycles. The molecule has 0 saturated heterocycles. The maximum Gasteiger partial charge on any atom is 0.271 e. The number of nitrogens with zero attached hydrogens (tertiary/aromatic N) is 1. The van der Waals surface area contributed by atoms with Crippen LogP contribution >= 0.6 is 11.3 Å². The van der Waals surface area contributed by atoms with Crippen molar-refractivity contribution in [2.75, 3.05) is 0 Å². The first kappa shape index (κ1) is 25.9. The van der Waals surface area contributed by atoms with Crippen LogP contribution in [-0.2, 0) is 13.0 Å². The summed E-state index contributed by atoms with van der Waals surface area (Å²) in [6, 6.07) is 17.2. The lowest BCUT2D eigenvalue weighted by molar-refractivity contribution is 0.0860. The number of hydrogen-bond acceptors (Lipinski definition) is 5. The summed E-state index contributed by atoms with van der Waals surface area (Å²) in [4.78, 5) is 30.3. The van der Waals surface area contributed by atoms with Gasteiger partial charge in [0.05, 0.1) is 0 Å². The molecule has 2 N–H and O–H groups in total. The highest BCUT2D eigenvalue weighted by atomic mass is 32.1. The fourth-order valence-corrected chi connectivity index (χ4v) is 5.20. The van der Waals surface area contributed by atoms with Crippen molar-refractivity contribution in [2.24, 2.45) is 0 Å². The molecule has 4 rings (SSSR count). The second kappa shape index (κ2) is 13.2. The van der Waals surface area contributed by atoms with Gasteiger partial charge in [-0.25, -0.2) is 4.98 Å². The fraction of sp³-hybridized carbons (Fsp3) is 0.414. The Hall–Kier alpha value is -3.19. The van der Waals surface area contributed by atoms with Crippen molar-refractivity contribution in [1.29, 1.82) is 0 Å². The lowest BCUT2D eigenvalue weighted by atomic mass is 9.90. The first-order valence-electron chi connectivity index (χ1n) is 13.0. The molecule has 0 spiro atoms. The first-order chi connectivity index (χ1) is 17.6. The van der Waals surface area contributed by atoms with Crippen LogP contribution in [0.3, 0.4) is 0 Å². The van der Waals surface area contributed by atoms with Gasteiger partial charge in [0.25, 0.3) is 11.8 Å². The van der Waals surface area contributed by atoms with Crippen LogP contribution in [0.25, 0.3) is 0 Å². The average Bonchev–Trinajstić information content (AvgIpc) is 3.39. The van der Waals surface area contributed by atoms with Crippen molar-refractivity contribution < 1.29 is 14.3 Å². The maximum atomic E-state index is 12.9. The van der Waals surface area contributed by atoms with Crippen molar-refractivity contribution in [2.45, 2.75) is 77.0 Å². The Balaban J connectivity index is 1.30. The number of hydrogen-bond donors (Lipinski definition) is 2. The molecule has 36 heavy (non-hydrogen) atoms. The van der Waals surface area contributed by atoms with Crippen LogP contribution in [0.15, 0.2) is 60.0 Å². The standard InChI is InChI=1S/C29H35N3O3S/c1-2-3-5-10-21-15-17-22(18-16-21)28(33)31-24-13-8-9-14-25(24)32-29(34)26-20-36-27(30-26)19-35-23-11-6-4-7-12-23/h4,6-7,11-12,15-18,20,24-25H,2-3,5,8-10,13-14,19H2,1H3,(H,31,33)(H,32,34). The smallest absolute Gasteiger partial charge is 0.271 e. The number of thiazole rings is 1. The summed E-state index contributed by atoms with van der Waals surface area (Å²) in [5.41, 5.74) is 2.31. The lowest BCUT2D eigenvalue weighted by Crippen LogP contribution is -2.53. The predicted molar refractivity (Wildman–Crippen MR) is 144 cm³/mol. The monoisotopic (exact) mass is 505 g/mol. The van der Waals surface area contributed by atoms with Crippen molar-refractivity contribution in [3.8, 4) is 5.75 Å². The molecule has 3 aromatic rings. The molecule has 0 radical (unpaired) electrons. The highest BCUT2D eigenvalue weighted by Gasteiger charge is 2.29. The van der Waals surface area contributed by atoms with Gasteiger partial charge in [-0.15, -0.1) is 11.3 Å². The molecule has 2 atom stereocenters. The molecule has 7 heteroatoms. The summed E-state index contributed by atoms with van der Waals surface area (Å²) in [5, 5.41) is 8.79. The van der Waals surface area contributed by atoms with E-state index in [1.165, 1.54) is 36.2 Å².